The Kier molecular flexibility index (Phi) is 5.74. The van der Waals surface area contributed by atoms with E-state index in [-0.39, 0.29) is 12.4 Å². The summed E-state index contributed by atoms with van der Waals surface area (Å²) in [6, 6.07) is 13.1. The molecule has 5 heteroatoms. The molecule has 0 aliphatic carbocycles. The summed E-state index contributed by atoms with van der Waals surface area (Å²) in [5, 5.41) is 3.14. The van der Waals surface area contributed by atoms with Gasteiger partial charge in [0.25, 0.3) is 0 Å². The fourth-order valence-corrected chi connectivity index (χ4v) is 1.95. The lowest BCUT2D eigenvalue weighted by Crippen LogP contribution is -2.06. The van der Waals surface area contributed by atoms with Crippen LogP contribution in [0.1, 0.15) is 12.5 Å². The maximum absolute atomic E-state index is 13.1. The van der Waals surface area contributed by atoms with E-state index in [9.17, 15) is 9.18 Å². The van der Waals surface area contributed by atoms with Gasteiger partial charge >= 0.3 is 5.97 Å². The Balaban J connectivity index is 2.28. The number of halogens is 1. The Labute approximate surface area is 134 Å². The zero-order valence-corrected chi connectivity index (χ0v) is 13.0. The molecule has 120 valence electrons. The number of benzene rings is 2. The number of anilines is 1. The Morgan fingerprint density at radius 2 is 1.78 bits per heavy atom. The van der Waals surface area contributed by atoms with Crippen molar-refractivity contribution < 1.29 is 18.7 Å². The molecule has 0 fully saturated rings. The number of rotatable bonds is 6. The van der Waals surface area contributed by atoms with E-state index in [1.807, 2.05) is 12.1 Å². The first kappa shape index (κ1) is 16.5. The van der Waals surface area contributed by atoms with E-state index >= 15 is 0 Å². The molecule has 0 unspecified atom stereocenters. The van der Waals surface area contributed by atoms with Gasteiger partial charge in [0, 0.05) is 11.8 Å². The summed E-state index contributed by atoms with van der Waals surface area (Å²) in [7, 11) is 1.59. The summed E-state index contributed by atoms with van der Waals surface area (Å²) >= 11 is 0. The average molecular weight is 315 g/mol. The van der Waals surface area contributed by atoms with Crippen molar-refractivity contribution in [1.29, 1.82) is 0 Å². The van der Waals surface area contributed by atoms with Crippen molar-refractivity contribution in [3.63, 3.8) is 0 Å². The van der Waals surface area contributed by atoms with Crippen LogP contribution in [0.3, 0.4) is 0 Å². The second-order valence-corrected chi connectivity index (χ2v) is 4.67. The van der Waals surface area contributed by atoms with Gasteiger partial charge in [-0.3, -0.25) is 0 Å². The van der Waals surface area contributed by atoms with Crippen molar-refractivity contribution >= 4 is 17.4 Å². The number of carbonyl (C=O) groups excluding carboxylic acids is 1. The second kappa shape index (κ2) is 7.98. The van der Waals surface area contributed by atoms with Gasteiger partial charge in [-0.25, -0.2) is 9.18 Å². The third-order valence-electron chi connectivity index (χ3n) is 3.07. The van der Waals surface area contributed by atoms with E-state index < -0.39 is 5.97 Å². The van der Waals surface area contributed by atoms with Crippen molar-refractivity contribution in [2.45, 2.75) is 6.92 Å². The molecule has 0 aliphatic heterocycles. The van der Waals surface area contributed by atoms with Crippen LogP contribution in [-0.4, -0.2) is 19.7 Å². The molecule has 1 N–H and O–H groups in total. The predicted molar refractivity (Wildman–Crippen MR) is 87.6 cm³/mol. The molecule has 2 aromatic rings. The maximum Gasteiger partial charge on any atom is 0.332 e. The number of ether oxygens (including phenoxy) is 2. The minimum atomic E-state index is -0.465. The highest BCUT2D eigenvalue weighted by atomic mass is 19.1. The fraction of sp³-hybridized carbons (Fsp3) is 0.167. The van der Waals surface area contributed by atoms with Crippen LogP contribution in [0.15, 0.2) is 54.6 Å². The lowest BCUT2D eigenvalue weighted by atomic mass is 10.1. The van der Waals surface area contributed by atoms with E-state index in [0.717, 1.165) is 11.4 Å². The standard InChI is InChI=1S/C18H18FNO3/c1-3-23-18(21)12-17(13-4-6-14(19)7-5-13)20-15-8-10-16(22-2)11-9-15/h4-12,20H,3H2,1-2H3/b17-12+. The average Bonchev–Trinajstić information content (AvgIpc) is 2.56. The largest absolute Gasteiger partial charge is 0.497 e. The molecule has 0 amide bonds. The molecule has 0 atom stereocenters. The summed E-state index contributed by atoms with van der Waals surface area (Å²) in [5.41, 5.74) is 1.97. The molecular formula is C18H18FNO3. The van der Waals surface area contributed by atoms with Crippen molar-refractivity contribution in [3.8, 4) is 5.75 Å². The first-order valence-corrected chi connectivity index (χ1v) is 7.18. The van der Waals surface area contributed by atoms with Gasteiger partial charge in [-0.05, 0) is 61.0 Å². The smallest absolute Gasteiger partial charge is 0.332 e. The summed E-state index contributed by atoms with van der Waals surface area (Å²) in [6.07, 6.45) is 1.35. The highest BCUT2D eigenvalue weighted by molar-refractivity contribution is 5.94. The van der Waals surface area contributed by atoms with Gasteiger partial charge in [0.05, 0.1) is 19.4 Å². The maximum atomic E-state index is 13.1. The van der Waals surface area contributed by atoms with Gasteiger partial charge < -0.3 is 14.8 Å². The fourth-order valence-electron chi connectivity index (χ4n) is 1.95. The molecule has 2 rings (SSSR count). The quantitative estimate of drug-likeness (QED) is 0.650. The molecule has 0 bridgehead atoms. The van der Waals surface area contributed by atoms with E-state index in [1.165, 1.54) is 18.2 Å². The Bertz CT molecular complexity index is 678. The summed E-state index contributed by atoms with van der Waals surface area (Å²) in [5.74, 6) is -0.0743. The summed E-state index contributed by atoms with van der Waals surface area (Å²) in [6.45, 7) is 2.02. The van der Waals surface area contributed by atoms with E-state index in [0.29, 0.717) is 11.3 Å². The van der Waals surface area contributed by atoms with Crippen LogP contribution in [0.4, 0.5) is 10.1 Å². The van der Waals surface area contributed by atoms with Gasteiger partial charge in [-0.1, -0.05) is 0 Å². The molecule has 0 heterocycles. The number of nitrogens with one attached hydrogen (secondary N) is 1. The molecule has 0 radical (unpaired) electrons. The van der Waals surface area contributed by atoms with Crippen LogP contribution in [-0.2, 0) is 9.53 Å². The van der Waals surface area contributed by atoms with Gasteiger partial charge in [-0.15, -0.1) is 0 Å². The van der Waals surface area contributed by atoms with Crippen molar-refractivity contribution in [2.24, 2.45) is 0 Å². The minimum Gasteiger partial charge on any atom is -0.497 e. The molecule has 4 nitrogen and oxygen atoms in total. The topological polar surface area (TPSA) is 47.6 Å². The SMILES string of the molecule is CCOC(=O)/C=C(/Nc1ccc(OC)cc1)c1ccc(F)cc1. The zero-order chi connectivity index (χ0) is 16.7. The Morgan fingerprint density at radius 3 is 2.35 bits per heavy atom. The van der Waals surface area contributed by atoms with Crippen LogP contribution in [0.25, 0.3) is 5.70 Å². The molecule has 0 aliphatic rings. The zero-order valence-electron chi connectivity index (χ0n) is 13.0. The summed E-state index contributed by atoms with van der Waals surface area (Å²) in [4.78, 5) is 11.8. The molecule has 23 heavy (non-hydrogen) atoms. The van der Waals surface area contributed by atoms with E-state index in [2.05, 4.69) is 5.32 Å². The molecule has 0 saturated carbocycles. The Morgan fingerprint density at radius 1 is 1.13 bits per heavy atom. The van der Waals surface area contributed by atoms with Gasteiger partial charge in [0.15, 0.2) is 0 Å². The highest BCUT2D eigenvalue weighted by Crippen LogP contribution is 2.21. The first-order chi connectivity index (χ1) is 11.1. The molecule has 0 saturated heterocycles. The highest BCUT2D eigenvalue weighted by Gasteiger charge is 2.07. The third-order valence-corrected chi connectivity index (χ3v) is 3.07. The van der Waals surface area contributed by atoms with Crippen LogP contribution in [0.2, 0.25) is 0 Å². The van der Waals surface area contributed by atoms with Gasteiger partial charge in [0.2, 0.25) is 0 Å². The number of methoxy groups -OCH3 is 1. The third kappa shape index (κ3) is 4.85. The molecule has 0 aromatic heterocycles. The Hall–Kier alpha value is -2.82. The lowest BCUT2D eigenvalue weighted by Gasteiger charge is -2.12. The van der Waals surface area contributed by atoms with Crippen molar-refractivity contribution in [2.75, 3.05) is 19.0 Å². The van der Waals surface area contributed by atoms with Gasteiger partial charge in [0.1, 0.15) is 11.6 Å². The minimum absolute atomic E-state index is 0.286. The van der Waals surface area contributed by atoms with E-state index in [1.54, 1.807) is 38.3 Å². The van der Waals surface area contributed by atoms with Crippen LogP contribution < -0.4 is 10.1 Å². The van der Waals surface area contributed by atoms with Crippen molar-refractivity contribution in [3.05, 3.63) is 66.0 Å². The first-order valence-electron chi connectivity index (χ1n) is 7.18. The van der Waals surface area contributed by atoms with Crippen LogP contribution in [0.5, 0.6) is 5.75 Å². The van der Waals surface area contributed by atoms with Crippen LogP contribution in [0, 0.1) is 5.82 Å². The van der Waals surface area contributed by atoms with Crippen molar-refractivity contribution in [1.82, 2.24) is 0 Å². The summed E-state index contributed by atoms with van der Waals surface area (Å²) < 4.78 is 23.2. The molecular weight excluding hydrogens is 297 g/mol. The van der Waals surface area contributed by atoms with Crippen LogP contribution >= 0.6 is 0 Å². The monoisotopic (exact) mass is 315 g/mol. The number of esters is 1. The lowest BCUT2D eigenvalue weighted by molar-refractivity contribution is -0.137. The van der Waals surface area contributed by atoms with E-state index in [4.69, 9.17) is 9.47 Å². The molecule has 2 aromatic carbocycles. The predicted octanol–water partition coefficient (Wildman–Crippen LogP) is 3.85. The van der Waals surface area contributed by atoms with Gasteiger partial charge in [-0.2, -0.15) is 0 Å². The molecule has 0 spiro atoms. The second-order valence-electron chi connectivity index (χ2n) is 4.67. The normalized spacial score (nSPS) is 11.0. The number of hydrogen-bond donors (Lipinski definition) is 1. The number of hydrogen-bond acceptors (Lipinski definition) is 4. The number of carbonyl (C=O) groups is 1.